The van der Waals surface area contributed by atoms with E-state index in [0.29, 0.717) is 5.88 Å². The van der Waals surface area contributed by atoms with Gasteiger partial charge < -0.3 is 0 Å². The summed E-state index contributed by atoms with van der Waals surface area (Å²) in [6, 6.07) is 15.0. The number of rotatable bonds is 4. The number of alkyl halides is 1. The summed E-state index contributed by atoms with van der Waals surface area (Å²) in [5, 5.41) is 0. The minimum absolute atomic E-state index is 0.659. The van der Waals surface area contributed by atoms with Gasteiger partial charge in [0.1, 0.15) is 5.82 Å². The first-order valence-corrected chi connectivity index (χ1v) is 7.89. The Morgan fingerprint density at radius 1 is 1.10 bits per heavy atom. The fourth-order valence-electron chi connectivity index (χ4n) is 2.68. The molecule has 0 spiro atoms. The molecule has 2 nitrogen and oxygen atoms in total. The SMILES string of the molecule is CCc1nc2ccc(C)cc2n1-c1ccc(CCCl)cc1. The van der Waals surface area contributed by atoms with Gasteiger partial charge in [-0.2, -0.15) is 0 Å². The van der Waals surface area contributed by atoms with Crippen molar-refractivity contribution in [1.29, 1.82) is 0 Å². The van der Waals surface area contributed by atoms with Crippen LogP contribution in [0.4, 0.5) is 0 Å². The van der Waals surface area contributed by atoms with Gasteiger partial charge in [-0.05, 0) is 48.7 Å². The van der Waals surface area contributed by atoms with Crippen LogP contribution in [-0.4, -0.2) is 15.4 Å². The molecule has 21 heavy (non-hydrogen) atoms. The van der Waals surface area contributed by atoms with E-state index in [9.17, 15) is 0 Å². The maximum absolute atomic E-state index is 5.80. The van der Waals surface area contributed by atoms with E-state index in [-0.39, 0.29) is 0 Å². The summed E-state index contributed by atoms with van der Waals surface area (Å²) in [5.74, 6) is 1.76. The standard InChI is InChI=1S/C18H19ClN2/c1-3-18-20-16-9-4-13(2)12-17(16)21(18)15-7-5-14(6-8-15)10-11-19/h4-9,12H,3,10-11H2,1-2H3. The zero-order chi connectivity index (χ0) is 14.8. The quantitative estimate of drug-likeness (QED) is 0.640. The van der Waals surface area contributed by atoms with E-state index < -0.39 is 0 Å². The number of benzene rings is 2. The lowest BCUT2D eigenvalue weighted by Gasteiger charge is -2.09. The van der Waals surface area contributed by atoms with E-state index in [2.05, 4.69) is 60.9 Å². The van der Waals surface area contributed by atoms with Crippen molar-refractivity contribution in [3.05, 3.63) is 59.4 Å². The number of aryl methyl sites for hydroxylation is 3. The Labute approximate surface area is 130 Å². The molecular formula is C18H19ClN2. The maximum atomic E-state index is 5.80. The smallest absolute Gasteiger partial charge is 0.114 e. The van der Waals surface area contributed by atoms with Gasteiger partial charge in [0.25, 0.3) is 0 Å². The van der Waals surface area contributed by atoms with Crippen LogP contribution in [0.5, 0.6) is 0 Å². The Hall–Kier alpha value is -1.80. The van der Waals surface area contributed by atoms with Crippen LogP contribution < -0.4 is 0 Å². The van der Waals surface area contributed by atoms with Crippen LogP contribution in [0, 0.1) is 6.92 Å². The van der Waals surface area contributed by atoms with E-state index >= 15 is 0 Å². The second kappa shape index (κ2) is 5.90. The Balaban J connectivity index is 2.15. The zero-order valence-corrected chi connectivity index (χ0v) is 13.2. The molecule has 0 bridgehead atoms. The van der Waals surface area contributed by atoms with Crippen LogP contribution in [-0.2, 0) is 12.8 Å². The first-order valence-electron chi connectivity index (χ1n) is 7.36. The van der Waals surface area contributed by atoms with Crippen molar-refractivity contribution in [1.82, 2.24) is 9.55 Å². The highest BCUT2D eigenvalue weighted by molar-refractivity contribution is 6.17. The molecular weight excluding hydrogens is 280 g/mol. The Morgan fingerprint density at radius 3 is 2.52 bits per heavy atom. The lowest BCUT2D eigenvalue weighted by Crippen LogP contribution is -2.00. The Bertz CT molecular complexity index is 757. The number of imidazole rings is 1. The van der Waals surface area contributed by atoms with Crippen molar-refractivity contribution < 1.29 is 0 Å². The molecule has 3 rings (SSSR count). The van der Waals surface area contributed by atoms with E-state index in [1.54, 1.807) is 0 Å². The number of halogens is 1. The van der Waals surface area contributed by atoms with E-state index in [0.717, 1.165) is 24.2 Å². The van der Waals surface area contributed by atoms with Gasteiger partial charge >= 0.3 is 0 Å². The molecule has 0 radical (unpaired) electrons. The summed E-state index contributed by atoms with van der Waals surface area (Å²) in [5.41, 5.74) is 5.93. The topological polar surface area (TPSA) is 17.8 Å². The van der Waals surface area contributed by atoms with Gasteiger partial charge in [0, 0.05) is 18.0 Å². The molecule has 0 saturated carbocycles. The van der Waals surface area contributed by atoms with Crippen molar-refractivity contribution in [3.63, 3.8) is 0 Å². The fraction of sp³-hybridized carbons (Fsp3) is 0.278. The van der Waals surface area contributed by atoms with Gasteiger partial charge in [-0.15, -0.1) is 11.6 Å². The minimum atomic E-state index is 0.659. The van der Waals surface area contributed by atoms with Gasteiger partial charge in [0.2, 0.25) is 0 Å². The molecule has 3 heteroatoms. The summed E-state index contributed by atoms with van der Waals surface area (Å²) < 4.78 is 2.26. The van der Waals surface area contributed by atoms with Gasteiger partial charge in [0.05, 0.1) is 11.0 Å². The van der Waals surface area contributed by atoms with Gasteiger partial charge in [-0.25, -0.2) is 4.98 Å². The first-order chi connectivity index (χ1) is 10.2. The highest BCUT2D eigenvalue weighted by Gasteiger charge is 2.11. The van der Waals surface area contributed by atoms with Gasteiger partial charge in [-0.3, -0.25) is 4.57 Å². The van der Waals surface area contributed by atoms with Crippen LogP contribution in [0.3, 0.4) is 0 Å². The summed E-state index contributed by atoms with van der Waals surface area (Å²) in [6.45, 7) is 4.26. The van der Waals surface area contributed by atoms with Crippen molar-refractivity contribution in [2.45, 2.75) is 26.7 Å². The molecule has 0 amide bonds. The maximum Gasteiger partial charge on any atom is 0.114 e. The lowest BCUT2D eigenvalue weighted by molar-refractivity contribution is 0.907. The highest BCUT2D eigenvalue weighted by atomic mass is 35.5. The monoisotopic (exact) mass is 298 g/mol. The summed E-state index contributed by atoms with van der Waals surface area (Å²) in [4.78, 5) is 4.75. The number of fused-ring (bicyclic) bond motifs is 1. The number of nitrogens with zero attached hydrogens (tertiary/aromatic N) is 2. The van der Waals surface area contributed by atoms with Crippen molar-refractivity contribution in [3.8, 4) is 5.69 Å². The second-order valence-corrected chi connectivity index (χ2v) is 5.69. The lowest BCUT2D eigenvalue weighted by atomic mass is 10.1. The normalized spacial score (nSPS) is 11.2. The van der Waals surface area contributed by atoms with Crippen LogP contribution in [0.1, 0.15) is 23.9 Å². The molecule has 0 N–H and O–H groups in total. The summed E-state index contributed by atoms with van der Waals surface area (Å²) in [6.07, 6.45) is 1.82. The van der Waals surface area contributed by atoms with Crippen LogP contribution in [0.15, 0.2) is 42.5 Å². The zero-order valence-electron chi connectivity index (χ0n) is 12.4. The molecule has 0 unspecified atom stereocenters. The molecule has 0 atom stereocenters. The van der Waals surface area contributed by atoms with Crippen molar-refractivity contribution in [2.75, 3.05) is 5.88 Å². The summed E-state index contributed by atoms with van der Waals surface area (Å²) >= 11 is 5.80. The van der Waals surface area contributed by atoms with Crippen molar-refractivity contribution >= 4 is 22.6 Å². The van der Waals surface area contributed by atoms with Crippen molar-refractivity contribution in [2.24, 2.45) is 0 Å². The molecule has 0 fully saturated rings. The van der Waals surface area contributed by atoms with E-state index in [1.165, 1.54) is 22.3 Å². The molecule has 1 heterocycles. The third-order valence-electron chi connectivity index (χ3n) is 3.77. The fourth-order valence-corrected chi connectivity index (χ4v) is 2.90. The molecule has 108 valence electrons. The second-order valence-electron chi connectivity index (χ2n) is 5.31. The molecule has 0 aliphatic rings. The molecule has 1 aromatic heterocycles. The molecule has 0 saturated heterocycles. The van der Waals surface area contributed by atoms with E-state index in [1.807, 2.05) is 0 Å². The highest BCUT2D eigenvalue weighted by Crippen LogP contribution is 2.23. The average Bonchev–Trinajstić information content (AvgIpc) is 2.86. The molecule has 3 aromatic rings. The van der Waals surface area contributed by atoms with E-state index in [4.69, 9.17) is 16.6 Å². The van der Waals surface area contributed by atoms with Gasteiger partial charge in [-0.1, -0.05) is 25.1 Å². The third-order valence-corrected chi connectivity index (χ3v) is 3.96. The van der Waals surface area contributed by atoms with Gasteiger partial charge in [0.15, 0.2) is 0 Å². The third kappa shape index (κ3) is 2.68. The van der Waals surface area contributed by atoms with Crippen LogP contribution >= 0.6 is 11.6 Å². The number of aromatic nitrogens is 2. The van der Waals surface area contributed by atoms with Crippen LogP contribution in [0.2, 0.25) is 0 Å². The Morgan fingerprint density at radius 2 is 1.86 bits per heavy atom. The first kappa shape index (κ1) is 14.2. The molecule has 0 aliphatic heterocycles. The largest absolute Gasteiger partial charge is 0.296 e. The average molecular weight is 299 g/mol. The minimum Gasteiger partial charge on any atom is -0.296 e. The Kier molecular flexibility index (Phi) is 3.98. The predicted octanol–water partition coefficient (Wildman–Crippen LogP) is 4.68. The number of hydrogen-bond donors (Lipinski definition) is 0. The summed E-state index contributed by atoms with van der Waals surface area (Å²) in [7, 11) is 0. The predicted molar refractivity (Wildman–Crippen MR) is 89.6 cm³/mol. The number of hydrogen-bond acceptors (Lipinski definition) is 1. The van der Waals surface area contributed by atoms with Crippen LogP contribution in [0.25, 0.3) is 16.7 Å². The molecule has 2 aromatic carbocycles. The molecule has 0 aliphatic carbocycles.